The first-order valence-corrected chi connectivity index (χ1v) is 11.4. The molecule has 0 aliphatic carbocycles. The number of thiophene rings is 1. The van der Waals surface area contributed by atoms with E-state index < -0.39 is 0 Å². The van der Waals surface area contributed by atoms with Crippen LogP contribution in [0.5, 0.6) is 0 Å². The van der Waals surface area contributed by atoms with Crippen molar-refractivity contribution in [2.75, 3.05) is 37.4 Å². The Morgan fingerprint density at radius 3 is 2.41 bits per heavy atom. The molecule has 1 aromatic heterocycles. The number of benzene rings is 1. The summed E-state index contributed by atoms with van der Waals surface area (Å²) in [6, 6.07) is 8.07. The molecule has 1 aliphatic heterocycles. The van der Waals surface area contributed by atoms with Crippen LogP contribution in [0.1, 0.15) is 48.3 Å². The first kappa shape index (κ1) is 23.5. The van der Waals surface area contributed by atoms with Crippen LogP contribution in [0, 0.1) is 0 Å². The SMILES string of the molecule is C/C=C(/C)CCc1csc(C(=O)Nc2ccc(N3CCCC3)cc2)c1Cl.CNC. The topological polar surface area (TPSA) is 44.4 Å². The summed E-state index contributed by atoms with van der Waals surface area (Å²) in [6.07, 6.45) is 6.45. The number of rotatable bonds is 6. The van der Waals surface area contributed by atoms with Gasteiger partial charge >= 0.3 is 0 Å². The van der Waals surface area contributed by atoms with Gasteiger partial charge in [-0.25, -0.2) is 0 Å². The molecule has 0 atom stereocenters. The molecular formula is C23H32ClN3OS. The van der Waals surface area contributed by atoms with Crippen LogP contribution in [0.2, 0.25) is 5.02 Å². The van der Waals surface area contributed by atoms with Gasteiger partial charge in [0.05, 0.1) is 5.02 Å². The molecule has 29 heavy (non-hydrogen) atoms. The highest BCUT2D eigenvalue weighted by Gasteiger charge is 2.17. The second-order valence-corrected chi connectivity index (χ2v) is 8.49. The van der Waals surface area contributed by atoms with E-state index in [2.05, 4.69) is 40.7 Å². The van der Waals surface area contributed by atoms with Gasteiger partial charge in [-0.3, -0.25) is 4.79 Å². The average molecular weight is 434 g/mol. The van der Waals surface area contributed by atoms with E-state index in [1.54, 1.807) is 0 Å². The highest BCUT2D eigenvalue weighted by Crippen LogP contribution is 2.30. The third-order valence-corrected chi connectivity index (χ3v) is 6.46. The van der Waals surface area contributed by atoms with E-state index in [4.69, 9.17) is 11.6 Å². The maximum Gasteiger partial charge on any atom is 0.267 e. The lowest BCUT2D eigenvalue weighted by atomic mass is 10.1. The largest absolute Gasteiger partial charge is 0.372 e. The van der Waals surface area contributed by atoms with Gasteiger partial charge < -0.3 is 15.5 Å². The summed E-state index contributed by atoms with van der Waals surface area (Å²) in [5.74, 6) is -0.136. The van der Waals surface area contributed by atoms with Crippen LogP contribution in [-0.4, -0.2) is 33.1 Å². The van der Waals surface area contributed by atoms with Crippen LogP contribution < -0.4 is 15.5 Å². The third kappa shape index (κ3) is 6.88. The average Bonchev–Trinajstić information content (AvgIpc) is 3.37. The molecule has 2 N–H and O–H groups in total. The molecule has 158 valence electrons. The summed E-state index contributed by atoms with van der Waals surface area (Å²) in [7, 11) is 3.75. The fraction of sp³-hybridized carbons (Fsp3) is 0.435. The van der Waals surface area contributed by atoms with E-state index in [-0.39, 0.29) is 5.91 Å². The highest BCUT2D eigenvalue weighted by atomic mass is 35.5. The van der Waals surface area contributed by atoms with Crippen LogP contribution in [-0.2, 0) is 6.42 Å². The highest BCUT2D eigenvalue weighted by molar-refractivity contribution is 7.13. The van der Waals surface area contributed by atoms with Crippen LogP contribution in [0.25, 0.3) is 0 Å². The van der Waals surface area contributed by atoms with Gasteiger partial charge in [0, 0.05) is 24.5 Å². The molecule has 0 saturated carbocycles. The van der Waals surface area contributed by atoms with Gasteiger partial charge in [0.25, 0.3) is 5.91 Å². The maximum atomic E-state index is 12.6. The van der Waals surface area contributed by atoms with E-state index in [0.717, 1.165) is 37.2 Å². The normalized spacial score (nSPS) is 13.8. The Morgan fingerprint density at radius 2 is 1.83 bits per heavy atom. The minimum atomic E-state index is -0.136. The molecule has 1 saturated heterocycles. The molecule has 1 amide bonds. The van der Waals surface area contributed by atoms with Crippen molar-refractivity contribution >= 4 is 40.2 Å². The maximum absolute atomic E-state index is 12.6. The molecule has 0 bridgehead atoms. The fourth-order valence-corrected chi connectivity index (χ4v) is 4.42. The lowest BCUT2D eigenvalue weighted by Crippen LogP contribution is -2.17. The summed E-state index contributed by atoms with van der Waals surface area (Å²) in [5.41, 5.74) is 4.40. The number of carbonyl (C=O) groups is 1. The number of hydrogen-bond acceptors (Lipinski definition) is 4. The van der Waals surface area contributed by atoms with Crippen molar-refractivity contribution in [2.24, 2.45) is 0 Å². The molecular weight excluding hydrogens is 402 g/mol. The Hall–Kier alpha value is -1.82. The zero-order valence-corrected chi connectivity index (χ0v) is 19.4. The van der Waals surface area contributed by atoms with Crippen molar-refractivity contribution in [1.29, 1.82) is 0 Å². The van der Waals surface area contributed by atoms with Crippen molar-refractivity contribution in [1.82, 2.24) is 5.32 Å². The van der Waals surface area contributed by atoms with E-state index in [1.165, 1.54) is 35.4 Å². The Balaban J connectivity index is 0.000000941. The molecule has 3 rings (SSSR count). The summed E-state index contributed by atoms with van der Waals surface area (Å²) in [4.78, 5) is 15.5. The number of hydrogen-bond donors (Lipinski definition) is 2. The second kappa shape index (κ2) is 12.0. The summed E-state index contributed by atoms with van der Waals surface area (Å²) >= 11 is 7.86. The van der Waals surface area contributed by atoms with Crippen molar-refractivity contribution < 1.29 is 4.79 Å². The van der Waals surface area contributed by atoms with Crippen molar-refractivity contribution in [3.05, 3.63) is 56.8 Å². The molecule has 0 unspecified atom stereocenters. The lowest BCUT2D eigenvalue weighted by molar-refractivity contribution is 0.103. The predicted molar refractivity (Wildman–Crippen MR) is 128 cm³/mol. The molecule has 6 heteroatoms. The summed E-state index contributed by atoms with van der Waals surface area (Å²) < 4.78 is 0. The van der Waals surface area contributed by atoms with E-state index >= 15 is 0 Å². The smallest absolute Gasteiger partial charge is 0.267 e. The lowest BCUT2D eigenvalue weighted by Gasteiger charge is -2.17. The second-order valence-electron chi connectivity index (χ2n) is 7.23. The van der Waals surface area contributed by atoms with E-state index in [9.17, 15) is 4.79 Å². The van der Waals surface area contributed by atoms with Crippen LogP contribution in [0.4, 0.5) is 11.4 Å². The Morgan fingerprint density at radius 1 is 1.21 bits per heavy atom. The molecule has 0 radical (unpaired) electrons. The number of nitrogens with zero attached hydrogens (tertiary/aromatic N) is 1. The molecule has 1 aromatic carbocycles. The zero-order valence-electron chi connectivity index (χ0n) is 17.8. The molecule has 0 spiro atoms. The third-order valence-electron chi connectivity index (χ3n) is 4.88. The summed E-state index contributed by atoms with van der Waals surface area (Å²) in [6.45, 7) is 6.39. The van der Waals surface area contributed by atoms with Crippen molar-refractivity contribution in [2.45, 2.75) is 39.5 Å². The Labute approximate surface area is 184 Å². The van der Waals surface area contributed by atoms with Gasteiger partial charge in [-0.2, -0.15) is 0 Å². The number of aryl methyl sites for hydroxylation is 1. The zero-order chi connectivity index (χ0) is 21.2. The van der Waals surface area contributed by atoms with Crippen LogP contribution in [0.15, 0.2) is 41.3 Å². The van der Waals surface area contributed by atoms with Gasteiger partial charge in [-0.05, 0) is 88.8 Å². The molecule has 1 aliphatic rings. The first-order chi connectivity index (χ1) is 14.0. The number of carbonyl (C=O) groups excluding carboxylic acids is 1. The van der Waals surface area contributed by atoms with Gasteiger partial charge in [-0.1, -0.05) is 23.3 Å². The molecule has 2 aromatic rings. The van der Waals surface area contributed by atoms with Gasteiger partial charge in [0.15, 0.2) is 0 Å². The minimum Gasteiger partial charge on any atom is -0.372 e. The summed E-state index contributed by atoms with van der Waals surface area (Å²) in [5, 5.41) is 8.30. The van der Waals surface area contributed by atoms with Crippen LogP contribution in [0.3, 0.4) is 0 Å². The number of nitrogens with one attached hydrogen (secondary N) is 2. The molecule has 2 heterocycles. The van der Waals surface area contributed by atoms with Crippen molar-refractivity contribution in [3.8, 4) is 0 Å². The first-order valence-electron chi connectivity index (χ1n) is 10.1. The molecule has 1 fully saturated rings. The van der Waals surface area contributed by atoms with Gasteiger partial charge in [-0.15, -0.1) is 11.3 Å². The molecule has 4 nitrogen and oxygen atoms in total. The number of amides is 1. The van der Waals surface area contributed by atoms with Crippen molar-refractivity contribution in [3.63, 3.8) is 0 Å². The van der Waals surface area contributed by atoms with E-state index in [0.29, 0.717) is 9.90 Å². The Bertz CT molecular complexity index is 808. The minimum absolute atomic E-state index is 0.136. The number of halogens is 1. The quantitative estimate of drug-likeness (QED) is 0.550. The number of allylic oxidation sites excluding steroid dienone is 2. The van der Waals surface area contributed by atoms with Crippen LogP contribution >= 0.6 is 22.9 Å². The van der Waals surface area contributed by atoms with E-state index in [1.807, 2.05) is 38.5 Å². The standard InChI is InChI=1S/C21H25ClN2OS.C2H7N/c1-3-15(2)6-7-16-14-26-20(19(16)22)21(25)23-17-8-10-18(11-9-17)24-12-4-5-13-24;1-3-2/h3,8-11,14H,4-7,12-13H2,1-2H3,(H,23,25);3H,1-2H3/b15-3-;. The fourth-order valence-electron chi connectivity index (χ4n) is 3.10. The van der Waals surface area contributed by atoms with Gasteiger partial charge in [0.2, 0.25) is 0 Å². The van der Waals surface area contributed by atoms with Gasteiger partial charge in [0.1, 0.15) is 4.88 Å². The Kier molecular flexibility index (Phi) is 9.71. The predicted octanol–water partition coefficient (Wildman–Crippen LogP) is 5.99. The number of anilines is 2. The monoisotopic (exact) mass is 433 g/mol.